The predicted octanol–water partition coefficient (Wildman–Crippen LogP) is 4.07. The Hall–Kier alpha value is -4.66. The van der Waals surface area contributed by atoms with Crippen molar-refractivity contribution in [2.24, 2.45) is 0 Å². The van der Waals surface area contributed by atoms with Crippen LogP contribution in [0.3, 0.4) is 0 Å². The Bertz CT molecular complexity index is 1330. The van der Waals surface area contributed by atoms with Crippen molar-refractivity contribution in [3.63, 3.8) is 0 Å². The molecule has 11 nitrogen and oxygen atoms in total. The van der Waals surface area contributed by atoms with E-state index in [1.807, 2.05) is 42.5 Å². The van der Waals surface area contributed by atoms with Crippen molar-refractivity contribution < 1.29 is 52.3 Å². The zero-order valence-corrected chi connectivity index (χ0v) is 23.7. The number of carboxylic acids is 1. The summed E-state index contributed by atoms with van der Waals surface area (Å²) in [5.41, 5.74) is 2.13. The number of alkyl halides is 3. The SMILES string of the molecule is CCOC(=O)c1ccccc1NC(=O)Nc1ccc(C[C@@H](CO)NC[C@H](O)COc2ccccc2)cc1.O=C(O)C(F)(F)F. The molecule has 0 radical (unpaired) electrons. The molecule has 2 atom stereocenters. The fourth-order valence-electron chi connectivity index (χ4n) is 3.54. The Morgan fingerprint density at radius 3 is 2.11 bits per heavy atom. The van der Waals surface area contributed by atoms with Gasteiger partial charge in [0.2, 0.25) is 0 Å². The lowest BCUT2D eigenvalue weighted by atomic mass is 10.1. The maximum Gasteiger partial charge on any atom is 0.490 e. The monoisotopic (exact) mass is 621 g/mol. The molecule has 44 heavy (non-hydrogen) atoms. The van der Waals surface area contributed by atoms with Crippen LogP contribution in [0.15, 0.2) is 78.9 Å². The van der Waals surface area contributed by atoms with Gasteiger partial charge in [-0.25, -0.2) is 14.4 Å². The highest BCUT2D eigenvalue weighted by atomic mass is 19.4. The van der Waals surface area contributed by atoms with Gasteiger partial charge in [0.1, 0.15) is 18.5 Å². The lowest BCUT2D eigenvalue weighted by molar-refractivity contribution is -0.192. The molecule has 0 aliphatic heterocycles. The molecule has 0 aliphatic rings. The van der Waals surface area contributed by atoms with E-state index in [0.717, 1.165) is 5.56 Å². The van der Waals surface area contributed by atoms with Gasteiger partial charge in [0.15, 0.2) is 0 Å². The summed E-state index contributed by atoms with van der Waals surface area (Å²) < 4.78 is 42.3. The van der Waals surface area contributed by atoms with Gasteiger partial charge >= 0.3 is 24.1 Å². The summed E-state index contributed by atoms with van der Waals surface area (Å²) in [5, 5.41) is 35.6. The maximum atomic E-state index is 12.5. The van der Waals surface area contributed by atoms with Crippen LogP contribution < -0.4 is 20.7 Å². The van der Waals surface area contributed by atoms with Crippen LogP contribution in [0.4, 0.5) is 29.3 Å². The molecule has 0 saturated carbocycles. The van der Waals surface area contributed by atoms with Crippen molar-refractivity contribution in [3.8, 4) is 5.75 Å². The normalized spacial score (nSPS) is 12.1. The summed E-state index contributed by atoms with van der Waals surface area (Å²) in [5.74, 6) is -2.58. The van der Waals surface area contributed by atoms with Gasteiger partial charge in [-0.1, -0.05) is 42.5 Å². The third-order valence-electron chi connectivity index (χ3n) is 5.66. The number of para-hydroxylation sites is 2. The minimum atomic E-state index is -5.08. The number of nitrogens with one attached hydrogen (secondary N) is 3. The third-order valence-corrected chi connectivity index (χ3v) is 5.66. The van der Waals surface area contributed by atoms with E-state index in [1.165, 1.54) is 0 Å². The lowest BCUT2D eigenvalue weighted by Crippen LogP contribution is -2.41. The number of hydrogen-bond donors (Lipinski definition) is 6. The molecule has 0 unspecified atom stereocenters. The van der Waals surface area contributed by atoms with E-state index in [2.05, 4.69) is 16.0 Å². The number of esters is 1. The molecule has 0 aromatic heterocycles. The van der Waals surface area contributed by atoms with E-state index >= 15 is 0 Å². The van der Waals surface area contributed by atoms with Gasteiger partial charge in [0.05, 0.1) is 24.5 Å². The molecule has 14 heteroatoms. The Morgan fingerprint density at radius 2 is 1.52 bits per heavy atom. The zero-order valence-electron chi connectivity index (χ0n) is 23.7. The second-order valence-electron chi connectivity index (χ2n) is 9.11. The van der Waals surface area contributed by atoms with E-state index in [0.29, 0.717) is 23.5 Å². The van der Waals surface area contributed by atoms with E-state index in [4.69, 9.17) is 19.4 Å². The number of carboxylic acid groups (broad SMARTS) is 1. The standard InChI is InChI=1S/C28H33N3O6.C2HF3O2/c1-2-36-27(34)25-10-6-7-11-26(25)31-28(35)30-21-14-12-20(13-15-21)16-22(18-32)29-17-23(33)19-37-24-8-4-3-5-9-24;3-2(4,5)1(6)7/h3-15,22-23,29,32-33H,2,16-19H2,1H3,(H2,30,31,35);(H,6,7)/t22-,23-;/m0./s1. The molecular weight excluding hydrogens is 587 g/mol. The highest BCUT2D eigenvalue weighted by molar-refractivity contribution is 6.05. The van der Waals surface area contributed by atoms with Crippen LogP contribution in [0.1, 0.15) is 22.8 Å². The number of urea groups is 1. The van der Waals surface area contributed by atoms with Crippen molar-refractivity contribution >= 4 is 29.3 Å². The van der Waals surface area contributed by atoms with Crippen LogP contribution in [0.2, 0.25) is 0 Å². The maximum absolute atomic E-state index is 12.5. The first kappa shape index (κ1) is 35.5. The molecule has 2 amide bonds. The summed E-state index contributed by atoms with van der Waals surface area (Å²) in [6.07, 6.45) is -5.28. The average molecular weight is 622 g/mol. The van der Waals surface area contributed by atoms with Crippen LogP contribution in [-0.2, 0) is 16.0 Å². The van der Waals surface area contributed by atoms with E-state index < -0.39 is 30.2 Å². The number of hydrogen-bond acceptors (Lipinski definition) is 8. The molecule has 0 bridgehead atoms. The van der Waals surface area contributed by atoms with Crippen LogP contribution >= 0.6 is 0 Å². The lowest BCUT2D eigenvalue weighted by Gasteiger charge is -2.19. The number of rotatable bonds is 13. The van der Waals surface area contributed by atoms with Gasteiger partial charge in [0.25, 0.3) is 0 Å². The minimum absolute atomic E-state index is 0.103. The first-order valence-electron chi connectivity index (χ1n) is 13.4. The molecule has 0 heterocycles. The number of benzene rings is 3. The van der Waals surface area contributed by atoms with Crippen molar-refractivity contribution in [3.05, 3.63) is 90.0 Å². The number of aliphatic hydroxyl groups excluding tert-OH is 2. The number of anilines is 2. The molecule has 0 fully saturated rings. The third kappa shape index (κ3) is 13.1. The Balaban J connectivity index is 0.000000860. The summed E-state index contributed by atoms with van der Waals surface area (Å²) in [4.78, 5) is 33.5. The number of carbonyl (C=O) groups excluding carboxylic acids is 2. The Labute approximate surface area is 251 Å². The zero-order chi connectivity index (χ0) is 32.5. The van der Waals surface area contributed by atoms with Crippen molar-refractivity contribution in [1.82, 2.24) is 5.32 Å². The van der Waals surface area contributed by atoms with Crippen molar-refractivity contribution in [1.29, 1.82) is 0 Å². The Morgan fingerprint density at radius 1 is 0.909 bits per heavy atom. The number of ether oxygens (including phenoxy) is 2. The predicted molar refractivity (Wildman–Crippen MR) is 156 cm³/mol. The molecule has 3 aromatic carbocycles. The van der Waals surface area contributed by atoms with Gasteiger partial charge in [-0.2, -0.15) is 13.2 Å². The van der Waals surface area contributed by atoms with Crippen LogP contribution in [0.5, 0.6) is 5.75 Å². The highest BCUT2D eigenvalue weighted by Crippen LogP contribution is 2.18. The summed E-state index contributed by atoms with van der Waals surface area (Å²) in [6.45, 7) is 2.26. The van der Waals surface area contributed by atoms with E-state index in [9.17, 15) is 33.0 Å². The van der Waals surface area contributed by atoms with Gasteiger partial charge in [-0.3, -0.25) is 0 Å². The summed E-state index contributed by atoms with van der Waals surface area (Å²) >= 11 is 0. The molecule has 0 spiro atoms. The van der Waals surface area contributed by atoms with Crippen molar-refractivity contribution in [2.45, 2.75) is 31.7 Å². The molecule has 3 rings (SSSR count). The largest absolute Gasteiger partial charge is 0.491 e. The first-order chi connectivity index (χ1) is 20.9. The molecular formula is C30H34F3N3O8. The van der Waals surface area contributed by atoms with Gasteiger partial charge in [-0.15, -0.1) is 0 Å². The molecule has 3 aromatic rings. The van der Waals surface area contributed by atoms with Gasteiger partial charge < -0.3 is 40.7 Å². The van der Waals surface area contributed by atoms with Crippen LogP contribution in [-0.4, -0.2) is 78.0 Å². The molecule has 6 N–H and O–H groups in total. The number of carbonyl (C=O) groups is 3. The average Bonchev–Trinajstić information content (AvgIpc) is 2.99. The van der Waals surface area contributed by atoms with Crippen LogP contribution in [0.25, 0.3) is 0 Å². The topological polar surface area (TPSA) is 166 Å². The molecule has 0 aliphatic carbocycles. The smallest absolute Gasteiger partial charge is 0.490 e. The highest BCUT2D eigenvalue weighted by Gasteiger charge is 2.38. The number of halogens is 3. The van der Waals surface area contributed by atoms with E-state index in [1.54, 1.807) is 43.3 Å². The second kappa shape index (κ2) is 18.1. The molecule has 238 valence electrons. The van der Waals surface area contributed by atoms with Crippen molar-refractivity contribution in [2.75, 3.05) is 37.0 Å². The Kier molecular flexibility index (Phi) is 14.6. The fraction of sp³-hybridized carbons (Fsp3) is 0.300. The van der Waals surface area contributed by atoms with Gasteiger partial charge in [-0.05, 0) is 55.3 Å². The summed E-state index contributed by atoms with van der Waals surface area (Å²) in [6, 6.07) is 22.3. The number of aliphatic carboxylic acids is 1. The minimum Gasteiger partial charge on any atom is -0.491 e. The fourth-order valence-corrected chi connectivity index (χ4v) is 3.54. The number of aliphatic hydroxyl groups is 2. The van der Waals surface area contributed by atoms with Crippen LogP contribution in [0, 0.1) is 0 Å². The van der Waals surface area contributed by atoms with E-state index in [-0.39, 0.29) is 38.0 Å². The van der Waals surface area contributed by atoms with Gasteiger partial charge in [0, 0.05) is 18.3 Å². The molecule has 0 saturated heterocycles. The quantitative estimate of drug-likeness (QED) is 0.154. The number of amides is 2. The second-order valence-corrected chi connectivity index (χ2v) is 9.11. The summed E-state index contributed by atoms with van der Waals surface area (Å²) in [7, 11) is 0. The first-order valence-corrected chi connectivity index (χ1v) is 13.4.